The highest BCUT2D eigenvalue weighted by molar-refractivity contribution is 5.83. The van der Waals surface area contributed by atoms with E-state index >= 15 is 0 Å². The lowest BCUT2D eigenvalue weighted by Crippen LogP contribution is -2.56. The molecule has 2 aliphatic rings. The minimum absolute atomic E-state index is 0.0609. The number of morpholine rings is 1. The van der Waals surface area contributed by atoms with Gasteiger partial charge in [-0.15, -0.1) is 0 Å². The van der Waals surface area contributed by atoms with Crippen LogP contribution < -0.4 is 0 Å². The first-order chi connectivity index (χ1) is 8.70. The minimum atomic E-state index is -1.02. The largest absolute Gasteiger partial charge is 0.480 e. The van der Waals surface area contributed by atoms with Crippen LogP contribution >= 0.6 is 0 Å². The number of carboxylic acid groups (broad SMARTS) is 1. The van der Waals surface area contributed by atoms with Crippen LogP contribution in [0.5, 0.6) is 0 Å². The highest BCUT2D eigenvalue weighted by Gasteiger charge is 2.35. The number of hydrogen-bond acceptors (Lipinski definition) is 4. The molecule has 7 heteroatoms. The van der Waals surface area contributed by atoms with E-state index in [1.807, 2.05) is 0 Å². The van der Waals surface area contributed by atoms with Crippen LogP contribution in [0.3, 0.4) is 0 Å². The average Bonchev–Trinajstić information content (AvgIpc) is 2.66. The molecule has 2 fully saturated rings. The maximum absolute atomic E-state index is 12.3. The Labute approximate surface area is 105 Å². The summed E-state index contributed by atoms with van der Waals surface area (Å²) in [6, 6.07) is -1.10. The topological polar surface area (TPSA) is 79.3 Å². The zero-order valence-electron chi connectivity index (χ0n) is 10.2. The van der Waals surface area contributed by atoms with Crippen LogP contribution in [-0.2, 0) is 14.3 Å². The van der Waals surface area contributed by atoms with Gasteiger partial charge in [-0.3, -0.25) is 0 Å². The molecule has 1 N–H and O–H groups in total. The number of aliphatic carboxylic acids is 1. The molecule has 0 aromatic carbocycles. The summed E-state index contributed by atoms with van der Waals surface area (Å²) < 4.78 is 10.4. The summed E-state index contributed by atoms with van der Waals surface area (Å²) >= 11 is 0. The fraction of sp³-hybridized carbons (Fsp3) is 0.818. The molecule has 0 aromatic rings. The summed E-state index contributed by atoms with van der Waals surface area (Å²) in [7, 11) is 0. The van der Waals surface area contributed by atoms with Crippen LogP contribution in [0, 0.1) is 0 Å². The summed E-state index contributed by atoms with van der Waals surface area (Å²) in [5, 5.41) is 9.09. The number of rotatable bonds is 1. The smallest absolute Gasteiger partial charge is 0.328 e. The Morgan fingerprint density at radius 3 is 2.61 bits per heavy atom. The van der Waals surface area contributed by atoms with E-state index < -0.39 is 12.0 Å². The Balaban J connectivity index is 2.02. The van der Waals surface area contributed by atoms with Crippen molar-refractivity contribution in [2.75, 3.05) is 46.1 Å². The van der Waals surface area contributed by atoms with Gasteiger partial charge in [-0.05, 0) is 6.42 Å². The Morgan fingerprint density at radius 2 is 1.83 bits per heavy atom. The number of amides is 2. The molecule has 0 spiro atoms. The van der Waals surface area contributed by atoms with Crippen molar-refractivity contribution >= 4 is 12.0 Å². The second-order valence-corrected chi connectivity index (χ2v) is 4.36. The van der Waals surface area contributed by atoms with Gasteiger partial charge in [0.2, 0.25) is 0 Å². The van der Waals surface area contributed by atoms with Gasteiger partial charge in [-0.2, -0.15) is 0 Å². The minimum Gasteiger partial charge on any atom is -0.480 e. The third-order valence-electron chi connectivity index (χ3n) is 3.15. The first-order valence-corrected chi connectivity index (χ1v) is 6.14. The normalized spacial score (nSPS) is 25.7. The highest BCUT2D eigenvalue weighted by atomic mass is 16.5. The fourth-order valence-electron chi connectivity index (χ4n) is 2.16. The first kappa shape index (κ1) is 13.1. The van der Waals surface area contributed by atoms with Crippen LogP contribution in [0.1, 0.15) is 6.42 Å². The summed E-state index contributed by atoms with van der Waals surface area (Å²) in [6.07, 6.45) is 0.786. The van der Waals surface area contributed by atoms with E-state index in [-0.39, 0.29) is 12.6 Å². The lowest BCUT2D eigenvalue weighted by atomic mass is 10.2. The van der Waals surface area contributed by atoms with E-state index in [9.17, 15) is 9.59 Å². The molecule has 1 atom stereocenters. The van der Waals surface area contributed by atoms with E-state index in [0.29, 0.717) is 39.5 Å². The van der Waals surface area contributed by atoms with Gasteiger partial charge in [-0.25, -0.2) is 9.59 Å². The quantitative estimate of drug-likeness (QED) is 0.693. The monoisotopic (exact) mass is 258 g/mol. The van der Waals surface area contributed by atoms with Gasteiger partial charge >= 0.3 is 12.0 Å². The molecule has 2 saturated heterocycles. The molecule has 1 unspecified atom stereocenters. The molecule has 0 aromatic heterocycles. The van der Waals surface area contributed by atoms with E-state index in [0.717, 1.165) is 6.42 Å². The number of ether oxygens (including phenoxy) is 2. The summed E-state index contributed by atoms with van der Waals surface area (Å²) in [6.45, 7) is 3.06. The van der Waals surface area contributed by atoms with Gasteiger partial charge in [0, 0.05) is 26.2 Å². The number of hydrogen-bond donors (Lipinski definition) is 1. The van der Waals surface area contributed by atoms with Crippen LogP contribution in [-0.4, -0.2) is 79.0 Å². The molecule has 0 bridgehead atoms. The number of carboxylic acids is 1. The van der Waals surface area contributed by atoms with Gasteiger partial charge in [-0.1, -0.05) is 0 Å². The van der Waals surface area contributed by atoms with E-state index in [4.69, 9.17) is 14.6 Å². The van der Waals surface area contributed by atoms with E-state index in [1.165, 1.54) is 4.90 Å². The molecular formula is C11H18N2O5. The molecule has 7 nitrogen and oxygen atoms in total. The summed E-state index contributed by atoms with van der Waals surface area (Å²) in [5.41, 5.74) is 0. The second kappa shape index (κ2) is 6.01. The third-order valence-corrected chi connectivity index (χ3v) is 3.15. The van der Waals surface area contributed by atoms with Crippen molar-refractivity contribution in [1.29, 1.82) is 0 Å². The van der Waals surface area contributed by atoms with Gasteiger partial charge in [0.25, 0.3) is 0 Å². The van der Waals surface area contributed by atoms with Crippen LogP contribution in [0.4, 0.5) is 4.79 Å². The maximum atomic E-state index is 12.3. The van der Waals surface area contributed by atoms with Crippen molar-refractivity contribution < 1.29 is 24.2 Å². The van der Waals surface area contributed by atoms with Crippen LogP contribution in [0.2, 0.25) is 0 Å². The molecule has 2 heterocycles. The third kappa shape index (κ3) is 2.91. The lowest BCUT2D eigenvalue weighted by Gasteiger charge is -2.36. The fourth-order valence-corrected chi connectivity index (χ4v) is 2.16. The van der Waals surface area contributed by atoms with Crippen LogP contribution in [0.15, 0.2) is 0 Å². The molecule has 18 heavy (non-hydrogen) atoms. The number of nitrogens with zero attached hydrogens (tertiary/aromatic N) is 2. The Bertz CT molecular complexity index is 315. The zero-order valence-corrected chi connectivity index (χ0v) is 10.2. The molecule has 0 aliphatic carbocycles. The average molecular weight is 258 g/mol. The van der Waals surface area contributed by atoms with Crippen molar-refractivity contribution in [2.45, 2.75) is 12.5 Å². The van der Waals surface area contributed by atoms with Crippen molar-refractivity contribution in [1.82, 2.24) is 9.80 Å². The van der Waals surface area contributed by atoms with Crippen molar-refractivity contribution in [2.24, 2.45) is 0 Å². The zero-order chi connectivity index (χ0) is 13.0. The van der Waals surface area contributed by atoms with E-state index in [2.05, 4.69) is 0 Å². The maximum Gasteiger partial charge on any atom is 0.328 e. The molecule has 2 aliphatic heterocycles. The summed E-state index contributed by atoms with van der Waals surface area (Å²) in [5.74, 6) is -1.02. The Kier molecular flexibility index (Phi) is 4.38. The molecular weight excluding hydrogens is 240 g/mol. The van der Waals surface area contributed by atoms with E-state index in [1.54, 1.807) is 4.90 Å². The molecule has 2 rings (SSSR count). The lowest BCUT2D eigenvalue weighted by molar-refractivity contribution is -0.147. The Morgan fingerprint density at radius 1 is 1.06 bits per heavy atom. The summed E-state index contributed by atoms with van der Waals surface area (Å²) in [4.78, 5) is 26.4. The second-order valence-electron chi connectivity index (χ2n) is 4.36. The van der Waals surface area contributed by atoms with Crippen molar-refractivity contribution in [3.8, 4) is 0 Å². The van der Waals surface area contributed by atoms with Gasteiger partial charge in [0.15, 0.2) is 6.04 Å². The highest BCUT2D eigenvalue weighted by Crippen LogP contribution is 2.12. The van der Waals surface area contributed by atoms with Crippen LogP contribution in [0.25, 0.3) is 0 Å². The predicted molar refractivity (Wildman–Crippen MR) is 61.4 cm³/mol. The predicted octanol–water partition coefficient (Wildman–Crippen LogP) is -0.386. The molecule has 0 radical (unpaired) electrons. The Hall–Kier alpha value is -1.34. The van der Waals surface area contributed by atoms with Gasteiger partial charge in [0.05, 0.1) is 19.8 Å². The van der Waals surface area contributed by atoms with Crippen molar-refractivity contribution in [3.63, 3.8) is 0 Å². The SMILES string of the molecule is O=C(O)C1COCCN1C(=O)N1CCCOCC1. The van der Waals surface area contributed by atoms with Gasteiger partial charge < -0.3 is 24.4 Å². The first-order valence-electron chi connectivity index (χ1n) is 6.14. The number of carbonyl (C=O) groups excluding carboxylic acids is 1. The standard InChI is InChI=1S/C11H18N2O5/c14-10(15)9-8-18-7-4-13(9)11(16)12-2-1-5-17-6-3-12/h9H,1-8H2,(H,14,15). The molecule has 2 amide bonds. The van der Waals surface area contributed by atoms with Gasteiger partial charge in [0.1, 0.15) is 0 Å². The van der Waals surface area contributed by atoms with Crippen molar-refractivity contribution in [3.05, 3.63) is 0 Å². The molecule has 102 valence electrons. The number of carbonyl (C=O) groups is 2. The molecule has 0 saturated carbocycles. The number of urea groups is 1.